The Morgan fingerprint density at radius 2 is 1.55 bits per heavy atom. The summed E-state index contributed by atoms with van der Waals surface area (Å²) in [5.74, 6) is 3.26. The van der Waals surface area contributed by atoms with Gasteiger partial charge in [-0.05, 0) is 61.7 Å². The molecule has 31 heavy (non-hydrogen) atoms. The van der Waals surface area contributed by atoms with Crippen molar-refractivity contribution in [3.63, 3.8) is 0 Å². The van der Waals surface area contributed by atoms with Crippen molar-refractivity contribution in [2.45, 2.75) is 19.8 Å². The Labute approximate surface area is 183 Å². The van der Waals surface area contributed by atoms with Gasteiger partial charge < -0.3 is 19.1 Å². The molecule has 1 aliphatic heterocycles. The van der Waals surface area contributed by atoms with Crippen LogP contribution in [0, 0.1) is 6.92 Å². The summed E-state index contributed by atoms with van der Waals surface area (Å²) >= 11 is 0. The predicted molar refractivity (Wildman–Crippen MR) is 126 cm³/mol. The molecule has 1 heterocycles. The van der Waals surface area contributed by atoms with E-state index in [0.29, 0.717) is 0 Å². The van der Waals surface area contributed by atoms with Gasteiger partial charge in [0, 0.05) is 30.9 Å². The zero-order valence-corrected chi connectivity index (χ0v) is 18.3. The van der Waals surface area contributed by atoms with Gasteiger partial charge in [0.1, 0.15) is 23.0 Å². The van der Waals surface area contributed by atoms with E-state index in [1.165, 1.54) is 12.8 Å². The number of hydrogen-bond donors (Lipinski definition) is 0. The van der Waals surface area contributed by atoms with Crippen LogP contribution in [0.25, 0.3) is 0 Å². The van der Waals surface area contributed by atoms with Crippen molar-refractivity contribution in [1.82, 2.24) is 0 Å². The molecule has 0 amide bonds. The zero-order valence-electron chi connectivity index (χ0n) is 18.3. The second-order valence-electron chi connectivity index (χ2n) is 7.58. The Bertz CT molecular complexity index is 1050. The molecule has 0 bridgehead atoms. The molecule has 0 unspecified atom stereocenters. The Balaban J connectivity index is 1.53. The van der Waals surface area contributed by atoms with Gasteiger partial charge in [0.05, 0.1) is 25.6 Å². The van der Waals surface area contributed by atoms with E-state index in [2.05, 4.69) is 9.89 Å². The summed E-state index contributed by atoms with van der Waals surface area (Å²) in [5.41, 5.74) is 3.89. The third kappa shape index (κ3) is 4.82. The first-order valence-corrected chi connectivity index (χ1v) is 10.6. The average Bonchev–Trinajstić information content (AvgIpc) is 3.34. The quantitative estimate of drug-likeness (QED) is 0.433. The van der Waals surface area contributed by atoms with Gasteiger partial charge in [0.15, 0.2) is 0 Å². The van der Waals surface area contributed by atoms with Crippen molar-refractivity contribution < 1.29 is 14.2 Å². The Kier molecular flexibility index (Phi) is 6.41. The fourth-order valence-corrected chi connectivity index (χ4v) is 3.75. The number of nitrogens with zero attached hydrogens (tertiary/aromatic N) is 2. The molecule has 0 aromatic heterocycles. The summed E-state index contributed by atoms with van der Waals surface area (Å²) in [7, 11) is 3.39. The van der Waals surface area contributed by atoms with Gasteiger partial charge in [-0.3, -0.25) is 4.99 Å². The molecule has 5 heteroatoms. The first kappa shape index (κ1) is 20.8. The molecule has 160 valence electrons. The molecule has 0 spiro atoms. The van der Waals surface area contributed by atoms with Gasteiger partial charge in [0.25, 0.3) is 0 Å². The van der Waals surface area contributed by atoms with E-state index in [4.69, 9.17) is 14.2 Å². The molecular weight excluding hydrogens is 388 g/mol. The molecule has 0 N–H and O–H groups in total. The number of rotatable bonds is 7. The van der Waals surface area contributed by atoms with E-state index in [1.807, 2.05) is 73.8 Å². The van der Waals surface area contributed by atoms with Gasteiger partial charge in [0.2, 0.25) is 0 Å². The number of hydrogen-bond acceptors (Lipinski definition) is 5. The minimum absolute atomic E-state index is 0.780. The van der Waals surface area contributed by atoms with Crippen LogP contribution in [0.3, 0.4) is 0 Å². The molecular formula is C26H28N2O3. The lowest BCUT2D eigenvalue weighted by atomic mass is 10.1. The molecule has 3 aromatic rings. The summed E-state index contributed by atoms with van der Waals surface area (Å²) in [6.45, 7) is 4.12. The normalized spacial score (nSPS) is 13.6. The summed E-state index contributed by atoms with van der Waals surface area (Å²) in [6, 6.07) is 19.7. The maximum atomic E-state index is 5.96. The SMILES string of the molecule is COc1cc(N2CCCC2)c(OC)cc1C=Nc1ccc(Oc2ccccc2C)cc1. The second kappa shape index (κ2) is 9.56. The first-order chi connectivity index (χ1) is 15.2. The number of aliphatic imine (C=N–C) groups is 1. The standard InChI is InChI=1S/C26H28N2O3/c1-19-8-4-5-9-24(19)31-22-12-10-21(11-13-22)27-18-20-16-26(30-3)23(17-25(20)29-2)28-14-6-7-15-28/h4-5,8-13,16-18H,6-7,14-15H2,1-3H3. The Morgan fingerprint density at radius 3 is 2.23 bits per heavy atom. The van der Waals surface area contributed by atoms with Gasteiger partial charge in [-0.15, -0.1) is 0 Å². The van der Waals surface area contributed by atoms with Gasteiger partial charge in [-0.25, -0.2) is 0 Å². The Morgan fingerprint density at radius 1 is 0.839 bits per heavy atom. The Hall–Kier alpha value is -3.47. The third-order valence-corrected chi connectivity index (χ3v) is 5.49. The summed E-state index contributed by atoms with van der Waals surface area (Å²) in [6.07, 6.45) is 4.22. The number of methoxy groups -OCH3 is 2. The predicted octanol–water partition coefficient (Wildman–Crippen LogP) is 6.16. The molecule has 0 radical (unpaired) electrons. The summed E-state index contributed by atoms with van der Waals surface area (Å²) in [4.78, 5) is 6.97. The van der Waals surface area contributed by atoms with Crippen LogP contribution in [-0.2, 0) is 0 Å². The van der Waals surface area contributed by atoms with E-state index in [9.17, 15) is 0 Å². The van der Waals surface area contributed by atoms with Crippen LogP contribution in [-0.4, -0.2) is 33.5 Å². The molecule has 1 saturated heterocycles. The van der Waals surface area contributed by atoms with Crippen molar-refractivity contribution >= 4 is 17.6 Å². The highest BCUT2D eigenvalue weighted by Crippen LogP contribution is 2.36. The molecule has 3 aromatic carbocycles. The van der Waals surface area contributed by atoms with Crippen LogP contribution >= 0.6 is 0 Å². The zero-order chi connectivity index (χ0) is 21.6. The van der Waals surface area contributed by atoms with Crippen molar-refractivity contribution in [3.05, 3.63) is 71.8 Å². The van der Waals surface area contributed by atoms with Crippen molar-refractivity contribution in [3.8, 4) is 23.0 Å². The molecule has 1 aliphatic rings. The van der Waals surface area contributed by atoms with Crippen molar-refractivity contribution in [1.29, 1.82) is 0 Å². The lowest BCUT2D eigenvalue weighted by Crippen LogP contribution is -2.18. The van der Waals surface area contributed by atoms with Crippen molar-refractivity contribution in [2.24, 2.45) is 4.99 Å². The molecule has 0 saturated carbocycles. The van der Waals surface area contributed by atoms with Gasteiger partial charge >= 0.3 is 0 Å². The van der Waals surface area contributed by atoms with Crippen LogP contribution < -0.4 is 19.1 Å². The van der Waals surface area contributed by atoms with Crippen LogP contribution in [0.5, 0.6) is 23.0 Å². The van der Waals surface area contributed by atoms with Crippen LogP contribution in [0.4, 0.5) is 11.4 Å². The van der Waals surface area contributed by atoms with Gasteiger partial charge in [-0.1, -0.05) is 18.2 Å². The average molecular weight is 417 g/mol. The number of benzene rings is 3. The van der Waals surface area contributed by atoms with Crippen LogP contribution in [0.1, 0.15) is 24.0 Å². The van der Waals surface area contributed by atoms with E-state index in [1.54, 1.807) is 14.2 Å². The monoisotopic (exact) mass is 416 g/mol. The van der Waals surface area contributed by atoms with E-state index in [0.717, 1.165) is 58.6 Å². The summed E-state index contributed by atoms with van der Waals surface area (Å²) in [5, 5.41) is 0. The molecule has 5 nitrogen and oxygen atoms in total. The summed E-state index contributed by atoms with van der Waals surface area (Å²) < 4.78 is 17.3. The number of para-hydroxylation sites is 1. The van der Waals surface area contributed by atoms with E-state index < -0.39 is 0 Å². The number of ether oxygens (including phenoxy) is 3. The molecule has 1 fully saturated rings. The van der Waals surface area contributed by atoms with E-state index >= 15 is 0 Å². The fourth-order valence-electron chi connectivity index (χ4n) is 3.75. The highest BCUT2D eigenvalue weighted by Gasteiger charge is 2.19. The smallest absolute Gasteiger partial charge is 0.143 e. The highest BCUT2D eigenvalue weighted by molar-refractivity contribution is 5.88. The molecule has 4 rings (SSSR count). The maximum absolute atomic E-state index is 5.96. The lowest BCUT2D eigenvalue weighted by Gasteiger charge is -2.22. The molecule has 0 atom stereocenters. The van der Waals surface area contributed by atoms with Crippen molar-refractivity contribution in [2.75, 3.05) is 32.2 Å². The lowest BCUT2D eigenvalue weighted by molar-refractivity contribution is 0.402. The van der Waals surface area contributed by atoms with E-state index in [-0.39, 0.29) is 0 Å². The topological polar surface area (TPSA) is 43.3 Å². The highest BCUT2D eigenvalue weighted by atomic mass is 16.5. The number of aryl methyl sites for hydroxylation is 1. The third-order valence-electron chi connectivity index (χ3n) is 5.49. The fraction of sp³-hybridized carbons (Fsp3) is 0.269. The first-order valence-electron chi connectivity index (χ1n) is 10.6. The molecule has 0 aliphatic carbocycles. The maximum Gasteiger partial charge on any atom is 0.143 e. The minimum atomic E-state index is 0.780. The minimum Gasteiger partial charge on any atom is -0.496 e. The van der Waals surface area contributed by atoms with Crippen LogP contribution in [0.2, 0.25) is 0 Å². The largest absolute Gasteiger partial charge is 0.496 e. The second-order valence-corrected chi connectivity index (χ2v) is 7.58. The number of anilines is 1. The van der Waals surface area contributed by atoms with Gasteiger partial charge in [-0.2, -0.15) is 0 Å². The van der Waals surface area contributed by atoms with Crippen LogP contribution in [0.15, 0.2) is 65.7 Å².